The summed E-state index contributed by atoms with van der Waals surface area (Å²) < 4.78 is 14.4. The molecule has 0 spiro atoms. The molecule has 1 aromatic heterocycles. The Hall–Kier alpha value is -1.47. The molecule has 7 heteroatoms. The van der Waals surface area contributed by atoms with E-state index in [2.05, 4.69) is 42.2 Å². The Labute approximate surface area is 131 Å². The minimum atomic E-state index is -0.578. The molecule has 104 valence electrons. The topological polar surface area (TPSA) is 68.0 Å². The first kappa shape index (κ1) is 14.9. The van der Waals surface area contributed by atoms with Gasteiger partial charge in [0.15, 0.2) is 0 Å². The molecule has 0 radical (unpaired) electrons. The first-order valence-corrected chi connectivity index (χ1v) is 7.15. The van der Waals surface area contributed by atoms with E-state index >= 15 is 0 Å². The van der Waals surface area contributed by atoms with Crippen LogP contribution in [0.25, 0.3) is 0 Å². The zero-order valence-corrected chi connectivity index (χ0v) is 13.5. The average molecular weight is 403 g/mol. The number of halogens is 3. The number of aryl methyl sites for hydroxylation is 1. The van der Waals surface area contributed by atoms with Gasteiger partial charge in [0.2, 0.25) is 0 Å². The minimum Gasteiger partial charge on any atom is -0.396 e. The molecule has 0 aliphatic rings. The highest BCUT2D eigenvalue weighted by atomic mass is 79.9. The van der Waals surface area contributed by atoms with Gasteiger partial charge in [-0.25, -0.2) is 9.37 Å². The molecule has 1 aromatic carbocycles. The number of benzene rings is 1. The van der Waals surface area contributed by atoms with Crippen molar-refractivity contribution in [2.24, 2.45) is 0 Å². The lowest BCUT2D eigenvalue weighted by Gasteiger charge is -2.08. The Morgan fingerprint density at radius 1 is 1.30 bits per heavy atom. The van der Waals surface area contributed by atoms with Crippen LogP contribution in [0.3, 0.4) is 0 Å². The number of nitrogens with one attached hydrogen (secondary N) is 1. The summed E-state index contributed by atoms with van der Waals surface area (Å²) in [4.78, 5) is 16.2. The van der Waals surface area contributed by atoms with Crippen LogP contribution in [0.4, 0.5) is 15.9 Å². The fraction of sp³-hybridized carbons (Fsp3) is 0.0769. The summed E-state index contributed by atoms with van der Waals surface area (Å²) in [5.74, 6) is -0.589. The van der Waals surface area contributed by atoms with Crippen molar-refractivity contribution in [2.75, 3.05) is 11.1 Å². The van der Waals surface area contributed by atoms with Crippen LogP contribution in [0.1, 0.15) is 15.9 Å². The van der Waals surface area contributed by atoms with Crippen LogP contribution >= 0.6 is 31.9 Å². The van der Waals surface area contributed by atoms with Crippen molar-refractivity contribution in [1.82, 2.24) is 4.98 Å². The summed E-state index contributed by atoms with van der Waals surface area (Å²) in [6.07, 6.45) is 1.60. The number of carbonyl (C=O) groups is 1. The van der Waals surface area contributed by atoms with E-state index in [1.165, 1.54) is 6.07 Å². The number of nitrogens with two attached hydrogens (primary N) is 1. The molecule has 0 saturated carbocycles. The number of aromatic nitrogens is 1. The third-order valence-electron chi connectivity index (χ3n) is 2.62. The molecule has 1 amide bonds. The minimum absolute atomic E-state index is 0.0849. The number of nitrogens with zero attached hydrogens (tertiary/aromatic N) is 1. The highest BCUT2D eigenvalue weighted by Gasteiger charge is 2.14. The number of anilines is 2. The van der Waals surface area contributed by atoms with Crippen molar-refractivity contribution in [3.05, 3.63) is 50.3 Å². The van der Waals surface area contributed by atoms with E-state index in [0.29, 0.717) is 10.3 Å². The van der Waals surface area contributed by atoms with Gasteiger partial charge < -0.3 is 11.1 Å². The van der Waals surface area contributed by atoms with Crippen LogP contribution in [-0.4, -0.2) is 10.9 Å². The molecule has 0 bridgehead atoms. The van der Waals surface area contributed by atoms with Crippen LogP contribution in [0.2, 0.25) is 0 Å². The maximum atomic E-state index is 13.2. The molecule has 1 heterocycles. The van der Waals surface area contributed by atoms with E-state index in [9.17, 15) is 9.18 Å². The summed E-state index contributed by atoms with van der Waals surface area (Å²) in [6.45, 7) is 1.88. The Morgan fingerprint density at radius 2 is 2.00 bits per heavy atom. The second-order valence-corrected chi connectivity index (χ2v) is 5.84. The van der Waals surface area contributed by atoms with E-state index in [-0.39, 0.29) is 11.3 Å². The Balaban J connectivity index is 2.28. The number of rotatable bonds is 2. The summed E-state index contributed by atoms with van der Waals surface area (Å²) in [6, 6.07) is 4.16. The molecule has 3 N–H and O–H groups in total. The maximum Gasteiger partial charge on any atom is 0.258 e. The first-order valence-electron chi connectivity index (χ1n) is 5.56. The highest BCUT2D eigenvalue weighted by Crippen LogP contribution is 2.24. The van der Waals surface area contributed by atoms with Gasteiger partial charge >= 0.3 is 0 Å². The third-order valence-corrected chi connectivity index (χ3v) is 4.11. The van der Waals surface area contributed by atoms with Gasteiger partial charge in [0.1, 0.15) is 11.6 Å². The van der Waals surface area contributed by atoms with Gasteiger partial charge in [-0.2, -0.15) is 0 Å². The molecular formula is C13H10Br2FN3O. The van der Waals surface area contributed by atoms with Gasteiger partial charge in [0.05, 0.1) is 11.3 Å². The maximum absolute atomic E-state index is 13.2. The number of hydrogen-bond donors (Lipinski definition) is 2. The van der Waals surface area contributed by atoms with Crippen molar-refractivity contribution in [3.63, 3.8) is 0 Å². The van der Waals surface area contributed by atoms with E-state index < -0.39 is 11.7 Å². The average Bonchev–Trinajstić information content (AvgIpc) is 2.38. The highest BCUT2D eigenvalue weighted by molar-refractivity contribution is 9.10. The molecule has 2 aromatic rings. The Bertz CT molecular complexity index is 692. The fourth-order valence-corrected chi connectivity index (χ4v) is 2.24. The van der Waals surface area contributed by atoms with Gasteiger partial charge in [-0.15, -0.1) is 0 Å². The number of pyridine rings is 1. The Morgan fingerprint density at radius 3 is 2.65 bits per heavy atom. The second kappa shape index (κ2) is 5.88. The van der Waals surface area contributed by atoms with Crippen molar-refractivity contribution in [2.45, 2.75) is 6.92 Å². The van der Waals surface area contributed by atoms with Crippen LogP contribution in [0.15, 0.2) is 33.3 Å². The molecule has 4 nitrogen and oxygen atoms in total. The van der Waals surface area contributed by atoms with E-state index in [4.69, 9.17) is 5.73 Å². The second-order valence-electron chi connectivity index (χ2n) is 4.13. The number of nitrogen functional groups attached to an aromatic ring is 1. The van der Waals surface area contributed by atoms with E-state index in [0.717, 1.165) is 16.1 Å². The SMILES string of the molecule is Cc1cc(NC(=O)c2cc(N)c(F)cc2Br)ncc1Br. The molecule has 20 heavy (non-hydrogen) atoms. The summed E-state index contributed by atoms with van der Waals surface area (Å²) in [5.41, 5.74) is 6.56. The molecule has 0 fully saturated rings. The largest absolute Gasteiger partial charge is 0.396 e. The van der Waals surface area contributed by atoms with Crippen molar-refractivity contribution in [3.8, 4) is 0 Å². The summed E-state index contributed by atoms with van der Waals surface area (Å²) >= 11 is 6.47. The van der Waals surface area contributed by atoms with Gasteiger partial charge in [0, 0.05) is 15.1 Å². The van der Waals surface area contributed by atoms with Gasteiger partial charge in [-0.05, 0) is 62.5 Å². The monoisotopic (exact) mass is 401 g/mol. The lowest BCUT2D eigenvalue weighted by atomic mass is 10.2. The predicted octanol–water partition coefficient (Wildman–Crippen LogP) is 3.89. The number of hydrogen-bond acceptors (Lipinski definition) is 3. The lowest BCUT2D eigenvalue weighted by molar-refractivity contribution is 0.102. The van der Waals surface area contributed by atoms with E-state index in [1.54, 1.807) is 12.3 Å². The molecular weight excluding hydrogens is 393 g/mol. The standard InChI is InChI=1S/C13H10Br2FN3O/c1-6-2-12(18-5-9(6)15)19-13(20)7-3-11(17)10(16)4-8(7)14/h2-5H,17H2,1H3,(H,18,19,20). The molecule has 0 saturated heterocycles. The third kappa shape index (κ3) is 3.16. The van der Waals surface area contributed by atoms with Crippen molar-refractivity contribution in [1.29, 1.82) is 0 Å². The predicted molar refractivity (Wildman–Crippen MR) is 83.1 cm³/mol. The van der Waals surface area contributed by atoms with Gasteiger partial charge in [0.25, 0.3) is 5.91 Å². The molecule has 0 aliphatic carbocycles. The zero-order valence-electron chi connectivity index (χ0n) is 10.4. The van der Waals surface area contributed by atoms with Crippen LogP contribution < -0.4 is 11.1 Å². The summed E-state index contributed by atoms with van der Waals surface area (Å²) in [5, 5.41) is 2.63. The van der Waals surface area contributed by atoms with E-state index in [1.807, 2.05) is 6.92 Å². The van der Waals surface area contributed by atoms with Crippen LogP contribution in [-0.2, 0) is 0 Å². The number of carbonyl (C=O) groups excluding carboxylic acids is 1. The lowest BCUT2D eigenvalue weighted by Crippen LogP contribution is -2.14. The molecule has 0 atom stereocenters. The van der Waals surface area contributed by atoms with Crippen LogP contribution in [0.5, 0.6) is 0 Å². The normalized spacial score (nSPS) is 10.4. The smallest absolute Gasteiger partial charge is 0.258 e. The number of amides is 1. The molecule has 0 aliphatic heterocycles. The molecule has 2 rings (SSSR count). The fourth-order valence-electron chi connectivity index (χ4n) is 1.53. The summed E-state index contributed by atoms with van der Waals surface area (Å²) in [7, 11) is 0. The van der Waals surface area contributed by atoms with Gasteiger partial charge in [-0.1, -0.05) is 0 Å². The Kier molecular flexibility index (Phi) is 4.39. The first-order chi connectivity index (χ1) is 9.38. The van der Waals surface area contributed by atoms with Crippen LogP contribution in [0, 0.1) is 12.7 Å². The zero-order chi connectivity index (χ0) is 14.9. The molecule has 0 unspecified atom stereocenters. The van der Waals surface area contributed by atoms with Gasteiger partial charge in [-0.3, -0.25) is 4.79 Å². The quantitative estimate of drug-likeness (QED) is 0.748. The van der Waals surface area contributed by atoms with Crippen molar-refractivity contribution < 1.29 is 9.18 Å². The van der Waals surface area contributed by atoms with Crippen molar-refractivity contribution >= 4 is 49.3 Å².